The van der Waals surface area contributed by atoms with Gasteiger partial charge in [-0.15, -0.1) is 0 Å². The number of carbonyl (C=O) groups is 3. The fourth-order valence-corrected chi connectivity index (χ4v) is 3.09. The van der Waals surface area contributed by atoms with Gasteiger partial charge in [0.15, 0.2) is 5.78 Å². The Morgan fingerprint density at radius 1 is 0.774 bits per heavy atom. The summed E-state index contributed by atoms with van der Waals surface area (Å²) in [4.78, 5) is 36.9. The molecule has 1 saturated carbocycles. The summed E-state index contributed by atoms with van der Waals surface area (Å²) in [6.45, 7) is 0. The number of benzene rings is 3. The minimum absolute atomic E-state index is 0.0688. The highest BCUT2D eigenvalue weighted by atomic mass is 16.2. The molecule has 5 heteroatoms. The minimum atomic E-state index is -0.306. The van der Waals surface area contributed by atoms with Crippen LogP contribution in [0, 0.1) is 0 Å². The zero-order chi connectivity index (χ0) is 21.6. The Labute approximate surface area is 180 Å². The molecule has 0 bridgehead atoms. The lowest BCUT2D eigenvalue weighted by Gasteiger charge is -2.06. The summed E-state index contributed by atoms with van der Waals surface area (Å²) in [5, 5.41) is 5.72. The summed E-state index contributed by atoms with van der Waals surface area (Å²) in [5.74, 6) is -0.473. The van der Waals surface area contributed by atoms with Gasteiger partial charge >= 0.3 is 0 Å². The lowest BCUT2D eigenvalue weighted by molar-refractivity contribution is -0.111. The van der Waals surface area contributed by atoms with Crippen LogP contribution in [0.5, 0.6) is 0 Å². The van der Waals surface area contributed by atoms with Crippen LogP contribution in [0.1, 0.15) is 44.7 Å². The molecule has 0 heterocycles. The van der Waals surface area contributed by atoms with E-state index in [1.54, 1.807) is 66.7 Å². The second kappa shape index (κ2) is 9.22. The lowest BCUT2D eigenvalue weighted by Crippen LogP contribution is -2.25. The van der Waals surface area contributed by atoms with E-state index in [0.717, 1.165) is 18.4 Å². The molecule has 0 aromatic heterocycles. The van der Waals surface area contributed by atoms with E-state index in [0.29, 0.717) is 28.4 Å². The highest BCUT2D eigenvalue weighted by molar-refractivity contribution is 6.10. The van der Waals surface area contributed by atoms with Gasteiger partial charge in [-0.25, -0.2) is 0 Å². The van der Waals surface area contributed by atoms with E-state index in [9.17, 15) is 14.4 Å². The van der Waals surface area contributed by atoms with Crippen molar-refractivity contribution in [1.82, 2.24) is 5.32 Å². The zero-order valence-electron chi connectivity index (χ0n) is 16.9. The van der Waals surface area contributed by atoms with Gasteiger partial charge in [-0.3, -0.25) is 14.4 Å². The number of carbonyl (C=O) groups excluding carboxylic acids is 3. The number of rotatable bonds is 7. The number of ketones is 1. The molecule has 2 N–H and O–H groups in total. The van der Waals surface area contributed by atoms with E-state index in [1.165, 1.54) is 6.08 Å². The van der Waals surface area contributed by atoms with E-state index in [4.69, 9.17) is 0 Å². The van der Waals surface area contributed by atoms with Crippen LogP contribution in [0.25, 0.3) is 6.08 Å². The Bertz CT molecular complexity index is 1130. The third-order valence-corrected chi connectivity index (χ3v) is 4.94. The number of hydrogen-bond acceptors (Lipinski definition) is 3. The highest BCUT2D eigenvalue weighted by Crippen LogP contribution is 2.19. The summed E-state index contributed by atoms with van der Waals surface area (Å²) in [7, 11) is 0. The first-order valence-corrected chi connectivity index (χ1v) is 10.2. The predicted octanol–water partition coefficient (Wildman–Crippen LogP) is 4.46. The van der Waals surface area contributed by atoms with Gasteiger partial charge in [-0.2, -0.15) is 0 Å². The van der Waals surface area contributed by atoms with Crippen LogP contribution < -0.4 is 10.6 Å². The monoisotopic (exact) mass is 410 g/mol. The largest absolute Gasteiger partial charge is 0.349 e. The van der Waals surface area contributed by atoms with Gasteiger partial charge in [0.05, 0.1) is 0 Å². The molecule has 4 rings (SSSR count). The van der Waals surface area contributed by atoms with Crippen molar-refractivity contribution in [2.24, 2.45) is 0 Å². The predicted molar refractivity (Wildman–Crippen MR) is 121 cm³/mol. The van der Waals surface area contributed by atoms with Crippen LogP contribution in [-0.2, 0) is 4.79 Å². The van der Waals surface area contributed by atoms with Crippen LogP contribution in [0.15, 0.2) is 84.9 Å². The summed E-state index contributed by atoms with van der Waals surface area (Å²) in [6.07, 6.45) is 5.19. The number of anilines is 1. The van der Waals surface area contributed by atoms with Gasteiger partial charge in [-0.05, 0) is 48.7 Å². The number of hydrogen-bond donors (Lipinski definition) is 2. The Morgan fingerprint density at radius 2 is 1.48 bits per heavy atom. The van der Waals surface area contributed by atoms with Gasteiger partial charge in [0.25, 0.3) is 5.91 Å². The molecular formula is C26H22N2O3. The number of amides is 2. The second-order valence-electron chi connectivity index (χ2n) is 7.47. The van der Waals surface area contributed by atoms with Crippen molar-refractivity contribution in [3.8, 4) is 0 Å². The molecule has 0 aliphatic heterocycles. The molecule has 0 spiro atoms. The van der Waals surface area contributed by atoms with Crippen LogP contribution in [0.3, 0.4) is 0 Å². The summed E-state index contributed by atoms with van der Waals surface area (Å²) in [6, 6.07) is 23.3. The van der Waals surface area contributed by atoms with Crippen molar-refractivity contribution in [2.75, 3.05) is 5.32 Å². The van der Waals surface area contributed by atoms with Crippen molar-refractivity contribution < 1.29 is 14.4 Å². The maximum absolute atomic E-state index is 12.6. The van der Waals surface area contributed by atoms with E-state index >= 15 is 0 Å². The third kappa shape index (κ3) is 5.54. The molecule has 0 atom stereocenters. The maximum atomic E-state index is 12.6. The van der Waals surface area contributed by atoms with Crippen molar-refractivity contribution >= 4 is 29.4 Å². The molecule has 1 aliphatic carbocycles. The van der Waals surface area contributed by atoms with E-state index < -0.39 is 0 Å². The fraction of sp³-hybridized carbons (Fsp3) is 0.115. The van der Waals surface area contributed by atoms with Crippen molar-refractivity contribution in [3.05, 3.63) is 107 Å². The van der Waals surface area contributed by atoms with Gasteiger partial charge in [0, 0.05) is 34.5 Å². The standard InChI is InChI=1S/C26H22N2O3/c29-24(16-11-18-9-12-20(13-10-18)26(31)28-22-14-15-22)27-23-8-4-7-21(17-23)25(30)19-5-2-1-3-6-19/h1-13,16-17,22H,14-15H2,(H,27,29)(H,28,31)/b16-11+. The average molecular weight is 410 g/mol. The number of nitrogens with one attached hydrogen (secondary N) is 2. The second-order valence-corrected chi connectivity index (χ2v) is 7.47. The molecule has 31 heavy (non-hydrogen) atoms. The minimum Gasteiger partial charge on any atom is -0.349 e. The highest BCUT2D eigenvalue weighted by Gasteiger charge is 2.23. The fourth-order valence-electron chi connectivity index (χ4n) is 3.09. The van der Waals surface area contributed by atoms with Gasteiger partial charge in [0.2, 0.25) is 5.91 Å². The van der Waals surface area contributed by atoms with Crippen LogP contribution in [0.4, 0.5) is 5.69 Å². The smallest absolute Gasteiger partial charge is 0.251 e. The van der Waals surface area contributed by atoms with Gasteiger partial charge < -0.3 is 10.6 Å². The summed E-state index contributed by atoms with van der Waals surface area (Å²) in [5.41, 5.74) is 3.07. The topological polar surface area (TPSA) is 75.3 Å². The van der Waals surface area contributed by atoms with Crippen molar-refractivity contribution in [2.45, 2.75) is 18.9 Å². The Hall–Kier alpha value is -3.99. The molecule has 0 saturated heterocycles. The first-order valence-electron chi connectivity index (χ1n) is 10.2. The van der Waals surface area contributed by atoms with E-state index in [-0.39, 0.29) is 17.6 Å². The van der Waals surface area contributed by atoms with E-state index in [1.807, 2.05) is 18.2 Å². The molecule has 2 amide bonds. The van der Waals surface area contributed by atoms with Crippen molar-refractivity contribution in [1.29, 1.82) is 0 Å². The lowest BCUT2D eigenvalue weighted by atomic mass is 10.0. The van der Waals surface area contributed by atoms with Crippen molar-refractivity contribution in [3.63, 3.8) is 0 Å². The molecule has 154 valence electrons. The summed E-state index contributed by atoms with van der Waals surface area (Å²) >= 11 is 0. The molecule has 1 aliphatic rings. The third-order valence-electron chi connectivity index (χ3n) is 4.94. The maximum Gasteiger partial charge on any atom is 0.251 e. The quantitative estimate of drug-likeness (QED) is 0.446. The normalized spacial score (nSPS) is 13.0. The van der Waals surface area contributed by atoms with Gasteiger partial charge in [-0.1, -0.05) is 54.6 Å². The molecule has 0 unspecified atom stereocenters. The zero-order valence-corrected chi connectivity index (χ0v) is 16.9. The average Bonchev–Trinajstić information content (AvgIpc) is 3.62. The molecule has 3 aromatic carbocycles. The first-order chi connectivity index (χ1) is 15.1. The molecule has 3 aromatic rings. The Morgan fingerprint density at radius 3 is 2.19 bits per heavy atom. The molecule has 0 radical (unpaired) electrons. The Kier molecular flexibility index (Phi) is 6.03. The molecule has 1 fully saturated rings. The first kappa shape index (κ1) is 20.3. The molecular weight excluding hydrogens is 388 g/mol. The van der Waals surface area contributed by atoms with Crippen LogP contribution in [0.2, 0.25) is 0 Å². The van der Waals surface area contributed by atoms with Crippen LogP contribution >= 0.6 is 0 Å². The Balaban J connectivity index is 1.36. The van der Waals surface area contributed by atoms with E-state index in [2.05, 4.69) is 10.6 Å². The van der Waals surface area contributed by atoms with Gasteiger partial charge in [0.1, 0.15) is 0 Å². The SMILES string of the molecule is O=C(/C=C/c1ccc(C(=O)NC2CC2)cc1)Nc1cccc(C(=O)c2ccccc2)c1. The van der Waals surface area contributed by atoms with Crippen LogP contribution in [-0.4, -0.2) is 23.6 Å². The molecule has 5 nitrogen and oxygen atoms in total. The summed E-state index contributed by atoms with van der Waals surface area (Å²) < 4.78 is 0.